The van der Waals surface area contributed by atoms with Gasteiger partial charge in [0.05, 0.1) is 125 Å². The van der Waals surface area contributed by atoms with Crippen LogP contribution in [0, 0.1) is 10.7 Å². The Hall–Kier alpha value is -11.3. The number of carboxylic acids is 2. The second-order valence-electron chi connectivity index (χ2n) is 23.6. The number of benzene rings is 7. The quantitative estimate of drug-likeness (QED) is 0.0515. The summed E-state index contributed by atoms with van der Waals surface area (Å²) < 4.78 is 36.4. The summed E-state index contributed by atoms with van der Waals surface area (Å²) in [4.78, 5) is 139. The lowest BCUT2D eigenvalue weighted by atomic mass is 9.96. The van der Waals surface area contributed by atoms with Gasteiger partial charge < -0.3 is 58.1 Å². The van der Waals surface area contributed by atoms with Gasteiger partial charge in [0, 0.05) is 115 Å². The maximum absolute atomic E-state index is 12.6. The summed E-state index contributed by atoms with van der Waals surface area (Å²) in [5.74, 6) is -3.75. The third-order valence-corrected chi connectivity index (χ3v) is 17.6. The highest BCUT2D eigenvalue weighted by Crippen LogP contribution is 2.34. The molecule has 3 amide bonds. The number of halogens is 3. The van der Waals surface area contributed by atoms with Gasteiger partial charge in [0.15, 0.2) is 0 Å². The fourth-order valence-electron chi connectivity index (χ4n) is 10.5. The van der Waals surface area contributed by atoms with Crippen molar-refractivity contribution in [1.29, 1.82) is 0 Å². The number of methoxy groups -OCH3 is 7. The van der Waals surface area contributed by atoms with E-state index in [1.54, 1.807) is 130 Å². The lowest BCUT2D eigenvalue weighted by molar-refractivity contribution is 0.0584. The van der Waals surface area contributed by atoms with Gasteiger partial charge in [-0.1, -0.05) is 24.3 Å². The number of ether oxygens (including phenoxy) is 7. The molecule has 11 rings (SSSR count). The van der Waals surface area contributed by atoms with Crippen molar-refractivity contribution in [1.82, 2.24) is 24.7 Å². The van der Waals surface area contributed by atoms with Crippen LogP contribution < -0.4 is 9.47 Å². The molecule has 0 saturated carbocycles. The zero-order valence-electron chi connectivity index (χ0n) is 60.6. The van der Waals surface area contributed by atoms with E-state index in [1.807, 2.05) is 106 Å². The third-order valence-electron chi connectivity index (χ3n) is 15.7. The first-order valence-corrected chi connectivity index (χ1v) is 35.2. The number of para-hydroxylation sites is 2. The molecule has 9 aromatic rings. The molecule has 4 heterocycles. The second kappa shape index (κ2) is 38.8. The van der Waals surface area contributed by atoms with Crippen molar-refractivity contribution in [3.05, 3.63) is 264 Å². The average molecular weight is 1800 g/mol. The molecule has 0 radical (unpaired) electrons. The first kappa shape index (κ1) is 83.9. The Balaban J connectivity index is 0.000000198. The van der Waals surface area contributed by atoms with Gasteiger partial charge in [0.1, 0.15) is 11.5 Å². The molecule has 0 spiro atoms. The predicted octanol–water partition coefficient (Wildman–Crippen LogP) is 12.5. The highest BCUT2D eigenvalue weighted by atomic mass is 127. The Morgan fingerprint density at radius 2 is 0.593 bits per heavy atom. The standard InChI is InChI=1S/C25H23N3O4.C24H21N3O4.C11H12INO3.C10H9IO4.C9H7IO4/c1-28(2)24(29)16-9-15(10-17(11-16)25(30)32-4)18-12-20-21(26-13-18)14-27-23(20)19-7-5-6-8-22(19)31-3;1-27(2)23(28)15-8-14(9-16(10-15)24(29)30)17-11-19-20(25-12-17)13-26-22(19)18-6-4-5-7-21(18)31-3;1-13(2)10(14)7-4-8(11(15)16-3)6-9(12)5-7;1-14-9(12)6-3-7(10(13)15-2)5-8(11)4-6;1-14-9(13)6-2-5(8(11)12)3-7(10)4-6/h5-13H,14H2,1-4H3;4-12H,13H2,1-3H3,(H,29,30);4-6H,1-3H3;3-5H,1-2H3;2-4H,1H3,(H,11,12). The van der Waals surface area contributed by atoms with E-state index in [0.717, 1.165) is 63.5 Å². The average Bonchev–Trinajstić information content (AvgIpc) is 1.54. The van der Waals surface area contributed by atoms with Crippen LogP contribution in [0.5, 0.6) is 11.5 Å². The Kier molecular flexibility index (Phi) is 30.1. The topological polar surface area (TPSA) is 336 Å². The summed E-state index contributed by atoms with van der Waals surface area (Å²) in [6, 6.07) is 42.9. The molecular weight excluding hydrogens is 1730 g/mol. The number of pyridine rings is 2. The minimum atomic E-state index is -1.10. The summed E-state index contributed by atoms with van der Waals surface area (Å²) in [5, 5.41) is 18.3. The van der Waals surface area contributed by atoms with Gasteiger partial charge in [-0.25, -0.2) is 33.6 Å². The van der Waals surface area contributed by atoms with E-state index in [2.05, 4.69) is 61.5 Å². The number of nitrogens with zero attached hydrogens (tertiary/aromatic N) is 7. The molecule has 558 valence electrons. The van der Waals surface area contributed by atoms with Crippen LogP contribution in [0.4, 0.5) is 0 Å². The monoisotopic (exact) mass is 1800 g/mol. The largest absolute Gasteiger partial charge is 0.496 e. The number of carbonyl (C=O) groups is 10. The van der Waals surface area contributed by atoms with Crippen molar-refractivity contribution in [2.45, 2.75) is 13.1 Å². The molecule has 0 unspecified atom stereocenters. The number of amides is 3. The molecule has 26 nitrogen and oxygen atoms in total. The Labute approximate surface area is 662 Å². The number of esters is 5. The van der Waals surface area contributed by atoms with E-state index in [0.29, 0.717) is 78.0 Å². The summed E-state index contributed by atoms with van der Waals surface area (Å²) in [6.45, 7) is 0.943. The second-order valence-corrected chi connectivity index (χ2v) is 27.4. The van der Waals surface area contributed by atoms with Gasteiger partial charge in [0.2, 0.25) is 0 Å². The maximum Gasteiger partial charge on any atom is 0.337 e. The van der Waals surface area contributed by atoms with Crippen LogP contribution in [0.25, 0.3) is 22.3 Å². The number of aliphatic imine (C=N–C) groups is 2. The van der Waals surface area contributed by atoms with Crippen LogP contribution >= 0.6 is 67.8 Å². The van der Waals surface area contributed by atoms with Crippen molar-refractivity contribution >= 4 is 139 Å². The van der Waals surface area contributed by atoms with Gasteiger partial charge >= 0.3 is 41.8 Å². The van der Waals surface area contributed by atoms with E-state index in [-0.39, 0.29) is 34.4 Å². The molecule has 108 heavy (non-hydrogen) atoms. The molecular formula is C79H72I3N7O19. The maximum atomic E-state index is 12.6. The summed E-state index contributed by atoms with van der Waals surface area (Å²) in [5.41, 5.74) is 12.5. The molecule has 7 aromatic carbocycles. The number of rotatable bonds is 16. The lowest BCUT2D eigenvalue weighted by Crippen LogP contribution is -2.22. The molecule has 0 atom stereocenters. The molecule has 2 aromatic heterocycles. The SMILES string of the molecule is COC(=O)c1cc(C(=O)N(C)C)cc(-c2cnc3c(c2)C(c2ccccc2OC)=NC3)c1.COC(=O)c1cc(I)cc(C(=O)N(C)C)c1.COC(=O)c1cc(I)cc(C(=O)O)c1.COC(=O)c1cc(I)cc(C(=O)OC)c1.COc1ccccc1C1=NCc2ncc(-c3cc(C(=O)O)cc(C(=O)N(C)C)c3)cc21. The minimum absolute atomic E-state index is 0.0433. The van der Waals surface area contributed by atoms with Crippen LogP contribution in [0.2, 0.25) is 0 Å². The van der Waals surface area contributed by atoms with E-state index >= 15 is 0 Å². The smallest absolute Gasteiger partial charge is 0.337 e. The highest BCUT2D eigenvalue weighted by molar-refractivity contribution is 14.1. The molecule has 2 N–H and O–H groups in total. The van der Waals surface area contributed by atoms with Gasteiger partial charge in [-0.15, -0.1) is 0 Å². The van der Waals surface area contributed by atoms with Gasteiger partial charge in [0.25, 0.3) is 17.7 Å². The fourth-order valence-corrected chi connectivity index (χ4v) is 12.5. The van der Waals surface area contributed by atoms with E-state index < -0.39 is 41.8 Å². The van der Waals surface area contributed by atoms with Gasteiger partial charge in [-0.3, -0.25) is 34.3 Å². The number of fused-ring (bicyclic) bond motifs is 2. The van der Waals surface area contributed by atoms with E-state index in [4.69, 9.17) is 19.3 Å². The van der Waals surface area contributed by atoms with Crippen molar-refractivity contribution in [3.8, 4) is 33.8 Å². The minimum Gasteiger partial charge on any atom is -0.496 e. The van der Waals surface area contributed by atoms with Crippen molar-refractivity contribution in [2.24, 2.45) is 9.98 Å². The number of hydrogen-bond donors (Lipinski definition) is 2. The number of carboxylic acid groups (broad SMARTS) is 2. The van der Waals surface area contributed by atoms with Crippen LogP contribution in [0.15, 0.2) is 174 Å². The molecule has 0 aliphatic carbocycles. The summed E-state index contributed by atoms with van der Waals surface area (Å²) >= 11 is 6.02. The van der Waals surface area contributed by atoms with Crippen LogP contribution in [-0.2, 0) is 36.8 Å². The molecule has 2 aliphatic rings. The van der Waals surface area contributed by atoms with Crippen molar-refractivity contribution in [3.63, 3.8) is 0 Å². The Bertz CT molecular complexity index is 5020. The summed E-state index contributed by atoms with van der Waals surface area (Å²) in [7, 11) is 19.6. The number of aromatic nitrogens is 2. The fraction of sp³-hybridized carbons (Fsp3) is 0.190. The van der Waals surface area contributed by atoms with Gasteiger partial charge in [-0.05, 0) is 206 Å². The molecule has 0 fully saturated rings. The van der Waals surface area contributed by atoms with Crippen molar-refractivity contribution in [2.75, 3.05) is 92.1 Å². The van der Waals surface area contributed by atoms with Crippen LogP contribution in [0.1, 0.15) is 137 Å². The molecule has 0 bridgehead atoms. The number of carbonyl (C=O) groups excluding carboxylic acids is 8. The Morgan fingerprint density at radius 1 is 0.333 bits per heavy atom. The first-order valence-electron chi connectivity index (χ1n) is 32.0. The van der Waals surface area contributed by atoms with Crippen LogP contribution in [0.3, 0.4) is 0 Å². The predicted molar refractivity (Wildman–Crippen MR) is 426 cm³/mol. The third kappa shape index (κ3) is 21.5. The van der Waals surface area contributed by atoms with Crippen molar-refractivity contribution < 1.29 is 91.3 Å². The normalized spacial score (nSPS) is 11.1. The Morgan fingerprint density at radius 3 is 0.917 bits per heavy atom. The zero-order chi connectivity index (χ0) is 79.4. The van der Waals surface area contributed by atoms with Gasteiger partial charge in [-0.2, -0.15) is 0 Å². The first-order chi connectivity index (χ1) is 51.4. The molecule has 2 aliphatic heterocycles. The van der Waals surface area contributed by atoms with E-state index in [9.17, 15) is 53.1 Å². The highest BCUT2D eigenvalue weighted by Gasteiger charge is 2.26. The zero-order valence-corrected chi connectivity index (χ0v) is 67.1. The molecule has 29 heteroatoms. The number of aromatic carboxylic acids is 2. The van der Waals surface area contributed by atoms with Crippen LogP contribution in [-0.4, -0.2) is 198 Å². The lowest BCUT2D eigenvalue weighted by Gasteiger charge is -2.14. The summed E-state index contributed by atoms with van der Waals surface area (Å²) in [6.07, 6.45) is 3.42. The molecule has 0 saturated heterocycles. The van der Waals surface area contributed by atoms with E-state index in [1.165, 1.54) is 80.6 Å². The number of hydrogen-bond acceptors (Lipinski definition) is 21.